The smallest absolute Gasteiger partial charge is 0.282 e. The minimum absolute atomic E-state index is 0. The first-order chi connectivity index (χ1) is 8.03. The fraction of sp³-hybridized carbons (Fsp3) is 1.00. The highest BCUT2D eigenvalue weighted by atomic mass is 35.5. The normalized spacial score (nSPS) is 28.9. The van der Waals surface area contributed by atoms with Crippen molar-refractivity contribution in [2.45, 2.75) is 51.1 Å². The number of nitrogens with zero attached hydrogens (tertiary/aromatic N) is 2. The van der Waals surface area contributed by atoms with Crippen LogP contribution in [0.1, 0.15) is 39.0 Å². The minimum Gasteiger partial charge on any atom is -0.326 e. The Bertz CT molecular complexity index is 355. The molecular weight excluding hydrogens is 274 g/mol. The monoisotopic (exact) mass is 297 g/mol. The second kappa shape index (κ2) is 6.52. The van der Waals surface area contributed by atoms with Gasteiger partial charge in [0.25, 0.3) is 10.2 Å². The Morgan fingerprint density at radius 2 is 1.67 bits per heavy atom. The van der Waals surface area contributed by atoms with Crippen LogP contribution < -0.4 is 5.73 Å². The Kier molecular flexibility index (Phi) is 5.86. The van der Waals surface area contributed by atoms with E-state index in [0.29, 0.717) is 19.6 Å². The number of hydrogen-bond donors (Lipinski definition) is 1. The molecule has 2 aliphatic heterocycles. The van der Waals surface area contributed by atoms with Gasteiger partial charge >= 0.3 is 0 Å². The predicted molar refractivity (Wildman–Crippen MR) is 75.0 cm³/mol. The zero-order valence-electron chi connectivity index (χ0n) is 10.9. The molecule has 0 aliphatic carbocycles. The van der Waals surface area contributed by atoms with Crippen LogP contribution in [0, 0.1) is 0 Å². The molecule has 2 fully saturated rings. The summed E-state index contributed by atoms with van der Waals surface area (Å²) in [6, 6.07) is -0.109. The van der Waals surface area contributed by atoms with E-state index in [1.54, 1.807) is 8.61 Å². The van der Waals surface area contributed by atoms with Gasteiger partial charge in [0.05, 0.1) is 0 Å². The van der Waals surface area contributed by atoms with Crippen LogP contribution in [0.25, 0.3) is 0 Å². The molecule has 0 aromatic rings. The maximum absolute atomic E-state index is 12.5. The first-order valence-corrected chi connectivity index (χ1v) is 7.95. The van der Waals surface area contributed by atoms with Crippen LogP contribution in [0.15, 0.2) is 0 Å². The lowest BCUT2D eigenvalue weighted by molar-refractivity contribution is 0.214. The summed E-state index contributed by atoms with van der Waals surface area (Å²) in [6.07, 6.45) is 4.89. The Hall–Kier alpha value is 0.120. The van der Waals surface area contributed by atoms with Gasteiger partial charge < -0.3 is 5.73 Å². The second-order valence-electron chi connectivity index (χ2n) is 5.15. The van der Waals surface area contributed by atoms with Gasteiger partial charge in [-0.3, -0.25) is 0 Å². The molecule has 0 amide bonds. The highest BCUT2D eigenvalue weighted by Gasteiger charge is 2.38. The number of hydrogen-bond acceptors (Lipinski definition) is 3. The van der Waals surface area contributed by atoms with Crippen LogP contribution in [0.4, 0.5) is 0 Å². The number of piperidine rings is 1. The molecule has 0 radical (unpaired) electrons. The predicted octanol–water partition coefficient (Wildman–Crippen LogP) is 0.950. The van der Waals surface area contributed by atoms with Crippen molar-refractivity contribution in [3.05, 3.63) is 0 Å². The molecule has 0 aromatic heterocycles. The van der Waals surface area contributed by atoms with E-state index in [1.807, 2.05) is 6.92 Å². The van der Waals surface area contributed by atoms with Crippen molar-refractivity contribution in [2.75, 3.05) is 19.6 Å². The summed E-state index contributed by atoms with van der Waals surface area (Å²) in [6.45, 7) is 3.88. The van der Waals surface area contributed by atoms with Gasteiger partial charge in [0, 0.05) is 31.7 Å². The minimum atomic E-state index is -3.27. The van der Waals surface area contributed by atoms with E-state index >= 15 is 0 Å². The molecule has 0 spiro atoms. The van der Waals surface area contributed by atoms with Gasteiger partial charge in [0.2, 0.25) is 0 Å². The van der Waals surface area contributed by atoms with Crippen molar-refractivity contribution in [3.8, 4) is 0 Å². The van der Waals surface area contributed by atoms with Crippen LogP contribution in [0.2, 0.25) is 0 Å². The van der Waals surface area contributed by atoms with E-state index in [0.717, 1.165) is 32.1 Å². The molecule has 5 nitrogen and oxygen atoms in total. The molecule has 0 aromatic carbocycles. The molecule has 2 unspecified atom stereocenters. The zero-order chi connectivity index (χ0) is 12.5. The SMILES string of the molecule is CC(N)C1CCCCN1S(=O)(=O)N1CCCC1.Cl. The van der Waals surface area contributed by atoms with E-state index in [2.05, 4.69) is 0 Å². The van der Waals surface area contributed by atoms with Crippen molar-refractivity contribution < 1.29 is 8.42 Å². The van der Waals surface area contributed by atoms with Gasteiger partial charge in [-0.1, -0.05) is 6.42 Å². The molecule has 18 heavy (non-hydrogen) atoms. The quantitative estimate of drug-likeness (QED) is 0.843. The third-order valence-corrected chi connectivity index (χ3v) is 5.86. The van der Waals surface area contributed by atoms with E-state index < -0.39 is 10.2 Å². The number of rotatable bonds is 3. The lowest BCUT2D eigenvalue weighted by Gasteiger charge is -2.38. The first-order valence-electron chi connectivity index (χ1n) is 6.56. The molecule has 2 N–H and O–H groups in total. The summed E-state index contributed by atoms with van der Waals surface area (Å²) >= 11 is 0. The molecule has 2 atom stereocenters. The maximum atomic E-state index is 12.5. The van der Waals surface area contributed by atoms with Gasteiger partial charge in [0.15, 0.2) is 0 Å². The zero-order valence-corrected chi connectivity index (χ0v) is 12.5. The summed E-state index contributed by atoms with van der Waals surface area (Å²) in [5.41, 5.74) is 5.93. The second-order valence-corrected chi connectivity index (χ2v) is 7.03. The topological polar surface area (TPSA) is 66.6 Å². The highest BCUT2D eigenvalue weighted by Crippen LogP contribution is 2.26. The highest BCUT2D eigenvalue weighted by molar-refractivity contribution is 7.86. The summed E-state index contributed by atoms with van der Waals surface area (Å²) in [7, 11) is -3.27. The standard InChI is InChI=1S/C11H23N3O2S.ClH/c1-10(12)11-6-2-3-9-14(11)17(15,16)13-7-4-5-8-13;/h10-11H,2-9,12H2,1H3;1H. The van der Waals surface area contributed by atoms with Gasteiger partial charge in [0.1, 0.15) is 0 Å². The molecule has 0 bridgehead atoms. The molecule has 2 rings (SSSR count). The van der Waals surface area contributed by atoms with E-state index in [4.69, 9.17) is 5.73 Å². The Labute approximate surface area is 116 Å². The fourth-order valence-corrected chi connectivity index (χ4v) is 4.83. The summed E-state index contributed by atoms with van der Waals surface area (Å²) < 4.78 is 28.3. The lowest BCUT2D eigenvalue weighted by atomic mass is 10.00. The molecule has 108 valence electrons. The fourth-order valence-electron chi connectivity index (χ4n) is 2.81. The van der Waals surface area contributed by atoms with Crippen molar-refractivity contribution in [3.63, 3.8) is 0 Å². The van der Waals surface area contributed by atoms with Gasteiger partial charge in [-0.05, 0) is 32.6 Å². The third-order valence-electron chi connectivity index (χ3n) is 3.79. The molecular formula is C11H24ClN3O2S. The first kappa shape index (κ1) is 16.2. The van der Waals surface area contributed by atoms with E-state index in [9.17, 15) is 8.42 Å². The van der Waals surface area contributed by atoms with Crippen molar-refractivity contribution in [2.24, 2.45) is 5.73 Å². The summed E-state index contributed by atoms with van der Waals surface area (Å²) in [4.78, 5) is 0. The molecule has 2 heterocycles. The Morgan fingerprint density at radius 3 is 2.22 bits per heavy atom. The Morgan fingerprint density at radius 1 is 1.11 bits per heavy atom. The number of nitrogens with two attached hydrogens (primary N) is 1. The van der Waals surface area contributed by atoms with Crippen LogP contribution >= 0.6 is 12.4 Å². The summed E-state index contributed by atoms with van der Waals surface area (Å²) in [5, 5.41) is 0. The average molecular weight is 298 g/mol. The molecule has 7 heteroatoms. The van der Waals surface area contributed by atoms with E-state index in [1.165, 1.54) is 0 Å². The molecule has 2 aliphatic rings. The third kappa shape index (κ3) is 3.17. The van der Waals surface area contributed by atoms with Crippen LogP contribution in [0.5, 0.6) is 0 Å². The summed E-state index contributed by atoms with van der Waals surface area (Å²) in [5.74, 6) is 0. The van der Waals surface area contributed by atoms with Crippen LogP contribution in [-0.4, -0.2) is 48.7 Å². The molecule has 0 saturated carbocycles. The van der Waals surface area contributed by atoms with Gasteiger partial charge in [-0.15, -0.1) is 12.4 Å². The van der Waals surface area contributed by atoms with E-state index in [-0.39, 0.29) is 24.5 Å². The molecule has 2 saturated heterocycles. The number of halogens is 1. The Balaban J connectivity index is 0.00000162. The van der Waals surface area contributed by atoms with Crippen molar-refractivity contribution in [1.29, 1.82) is 0 Å². The largest absolute Gasteiger partial charge is 0.326 e. The van der Waals surface area contributed by atoms with Crippen LogP contribution in [0.3, 0.4) is 0 Å². The van der Waals surface area contributed by atoms with Gasteiger partial charge in [-0.2, -0.15) is 17.0 Å². The average Bonchev–Trinajstić information content (AvgIpc) is 2.83. The van der Waals surface area contributed by atoms with Gasteiger partial charge in [-0.25, -0.2) is 0 Å². The van der Waals surface area contributed by atoms with Crippen molar-refractivity contribution in [1.82, 2.24) is 8.61 Å². The van der Waals surface area contributed by atoms with Crippen LogP contribution in [-0.2, 0) is 10.2 Å². The van der Waals surface area contributed by atoms with Crippen molar-refractivity contribution >= 4 is 22.6 Å². The lowest BCUT2D eigenvalue weighted by Crippen LogP contribution is -2.55. The maximum Gasteiger partial charge on any atom is 0.282 e.